The van der Waals surface area contributed by atoms with E-state index in [2.05, 4.69) is 6.92 Å². The number of rotatable bonds is 5. The molecule has 0 aromatic carbocycles. The zero-order valence-electron chi connectivity index (χ0n) is 7.21. The molecule has 0 radical (unpaired) electrons. The van der Waals surface area contributed by atoms with E-state index in [4.69, 9.17) is 5.11 Å². The molecule has 2 N–H and O–H groups in total. The van der Waals surface area contributed by atoms with Gasteiger partial charge in [0.05, 0.1) is 5.60 Å². The van der Waals surface area contributed by atoms with Gasteiger partial charge in [-0.1, -0.05) is 19.8 Å². The van der Waals surface area contributed by atoms with Crippen molar-refractivity contribution in [2.45, 2.75) is 44.6 Å². The monoisotopic (exact) mass is 158 g/mol. The van der Waals surface area contributed by atoms with Crippen LogP contribution < -0.4 is 0 Å². The van der Waals surface area contributed by atoms with E-state index in [1.807, 2.05) is 0 Å². The third kappa shape index (κ3) is 2.46. The maximum atomic E-state index is 9.63. The molecule has 0 saturated heterocycles. The highest BCUT2D eigenvalue weighted by Gasteiger charge is 2.48. The summed E-state index contributed by atoms with van der Waals surface area (Å²) in [7, 11) is 0. The van der Waals surface area contributed by atoms with Gasteiger partial charge in [0.25, 0.3) is 0 Å². The Kier molecular flexibility index (Phi) is 2.90. The van der Waals surface area contributed by atoms with Crippen molar-refractivity contribution in [2.24, 2.45) is 5.92 Å². The summed E-state index contributed by atoms with van der Waals surface area (Å²) in [6, 6.07) is 0. The Hall–Kier alpha value is -0.0800. The van der Waals surface area contributed by atoms with Crippen LogP contribution in [0.25, 0.3) is 0 Å². The van der Waals surface area contributed by atoms with Gasteiger partial charge in [0.15, 0.2) is 0 Å². The normalized spacial score (nSPS) is 35.7. The fourth-order valence-electron chi connectivity index (χ4n) is 1.54. The molecule has 0 aromatic rings. The van der Waals surface area contributed by atoms with Crippen molar-refractivity contribution >= 4 is 0 Å². The molecule has 0 aliphatic heterocycles. The van der Waals surface area contributed by atoms with Gasteiger partial charge in [-0.25, -0.2) is 0 Å². The van der Waals surface area contributed by atoms with Crippen molar-refractivity contribution in [2.75, 3.05) is 6.61 Å². The van der Waals surface area contributed by atoms with Gasteiger partial charge in [-0.2, -0.15) is 0 Å². The van der Waals surface area contributed by atoms with Gasteiger partial charge in [0, 0.05) is 6.61 Å². The molecule has 1 aliphatic rings. The predicted molar refractivity (Wildman–Crippen MR) is 44.3 cm³/mol. The summed E-state index contributed by atoms with van der Waals surface area (Å²) in [6.45, 7) is 2.38. The molecular weight excluding hydrogens is 140 g/mol. The lowest BCUT2D eigenvalue weighted by Gasteiger charge is -2.07. The van der Waals surface area contributed by atoms with Crippen molar-refractivity contribution in [3.8, 4) is 0 Å². The number of aliphatic hydroxyl groups is 2. The summed E-state index contributed by atoms with van der Waals surface area (Å²) < 4.78 is 0. The molecule has 1 aliphatic carbocycles. The van der Waals surface area contributed by atoms with Crippen LogP contribution in [0.5, 0.6) is 0 Å². The summed E-state index contributed by atoms with van der Waals surface area (Å²) >= 11 is 0. The van der Waals surface area contributed by atoms with E-state index in [0.717, 1.165) is 32.1 Å². The van der Waals surface area contributed by atoms with Gasteiger partial charge in [-0.15, -0.1) is 0 Å². The van der Waals surface area contributed by atoms with Crippen molar-refractivity contribution in [1.29, 1.82) is 0 Å². The maximum absolute atomic E-state index is 9.63. The third-order valence-electron chi connectivity index (χ3n) is 2.68. The molecule has 2 atom stereocenters. The first-order valence-electron chi connectivity index (χ1n) is 4.52. The second-order valence-electron chi connectivity index (χ2n) is 3.74. The third-order valence-corrected chi connectivity index (χ3v) is 2.68. The molecule has 0 amide bonds. The highest BCUT2D eigenvalue weighted by Crippen LogP contribution is 2.46. The Balaban J connectivity index is 1.96. The Labute approximate surface area is 68.2 Å². The first kappa shape index (κ1) is 9.01. The minimum absolute atomic E-state index is 0.286. The Morgan fingerprint density at radius 2 is 2.00 bits per heavy atom. The number of aliphatic hydroxyl groups excluding tert-OH is 1. The lowest BCUT2D eigenvalue weighted by molar-refractivity contribution is 0.120. The molecular formula is C9H18O2. The zero-order chi connectivity index (χ0) is 8.32. The predicted octanol–water partition coefficient (Wildman–Crippen LogP) is 1.31. The SMILES string of the molecule is CC1CC1(O)CCCCCO. The molecule has 0 heterocycles. The molecule has 1 rings (SSSR count). The van der Waals surface area contributed by atoms with Crippen LogP contribution in [0.1, 0.15) is 39.0 Å². The molecule has 1 saturated carbocycles. The topological polar surface area (TPSA) is 40.5 Å². The van der Waals surface area contributed by atoms with Crippen LogP contribution >= 0.6 is 0 Å². The van der Waals surface area contributed by atoms with Gasteiger partial charge in [-0.3, -0.25) is 0 Å². The van der Waals surface area contributed by atoms with Gasteiger partial charge < -0.3 is 10.2 Å². The Morgan fingerprint density at radius 3 is 2.45 bits per heavy atom. The number of hydrogen-bond donors (Lipinski definition) is 2. The highest BCUT2D eigenvalue weighted by molar-refractivity contribution is 5.00. The van der Waals surface area contributed by atoms with E-state index in [1.54, 1.807) is 0 Å². The number of unbranched alkanes of at least 4 members (excludes halogenated alkanes) is 2. The van der Waals surface area contributed by atoms with Crippen LogP contribution in [0.4, 0.5) is 0 Å². The van der Waals surface area contributed by atoms with E-state index in [-0.39, 0.29) is 12.2 Å². The zero-order valence-corrected chi connectivity index (χ0v) is 7.21. The minimum Gasteiger partial charge on any atom is -0.396 e. The minimum atomic E-state index is -0.324. The quantitative estimate of drug-likeness (QED) is 0.592. The number of hydrogen-bond acceptors (Lipinski definition) is 2. The lowest BCUT2D eigenvalue weighted by Crippen LogP contribution is -2.09. The molecule has 0 bridgehead atoms. The summed E-state index contributed by atoms with van der Waals surface area (Å²) in [4.78, 5) is 0. The molecule has 0 spiro atoms. The van der Waals surface area contributed by atoms with E-state index in [0.29, 0.717) is 5.92 Å². The van der Waals surface area contributed by atoms with Crippen molar-refractivity contribution in [3.05, 3.63) is 0 Å². The van der Waals surface area contributed by atoms with Crippen LogP contribution in [0.3, 0.4) is 0 Å². The summed E-state index contributed by atoms with van der Waals surface area (Å²) in [5.41, 5.74) is -0.324. The van der Waals surface area contributed by atoms with Crippen molar-refractivity contribution in [3.63, 3.8) is 0 Å². The van der Waals surface area contributed by atoms with Crippen LogP contribution in [0.15, 0.2) is 0 Å². The standard InChI is InChI=1S/C9H18O2/c1-8-7-9(8,11)5-3-2-4-6-10/h8,10-11H,2-7H2,1H3. The molecule has 2 nitrogen and oxygen atoms in total. The van der Waals surface area contributed by atoms with E-state index >= 15 is 0 Å². The summed E-state index contributed by atoms with van der Waals surface area (Å²) in [5.74, 6) is 0.511. The van der Waals surface area contributed by atoms with Crippen LogP contribution in [0, 0.1) is 5.92 Å². The second kappa shape index (κ2) is 3.55. The molecule has 11 heavy (non-hydrogen) atoms. The average molecular weight is 158 g/mol. The smallest absolute Gasteiger partial charge is 0.0677 e. The summed E-state index contributed by atoms with van der Waals surface area (Å²) in [5, 5.41) is 18.1. The van der Waals surface area contributed by atoms with Crippen LogP contribution in [-0.4, -0.2) is 22.4 Å². The first-order valence-corrected chi connectivity index (χ1v) is 4.52. The first-order chi connectivity index (χ1) is 5.19. The highest BCUT2D eigenvalue weighted by atomic mass is 16.3. The summed E-state index contributed by atoms with van der Waals surface area (Å²) in [6.07, 6.45) is 4.89. The van der Waals surface area contributed by atoms with E-state index in [1.165, 1.54) is 0 Å². The van der Waals surface area contributed by atoms with Crippen LogP contribution in [-0.2, 0) is 0 Å². The van der Waals surface area contributed by atoms with Gasteiger partial charge in [0.1, 0.15) is 0 Å². The molecule has 2 unspecified atom stereocenters. The van der Waals surface area contributed by atoms with Crippen LogP contribution in [0.2, 0.25) is 0 Å². The molecule has 0 aromatic heterocycles. The largest absolute Gasteiger partial charge is 0.396 e. The fourth-order valence-corrected chi connectivity index (χ4v) is 1.54. The fraction of sp³-hybridized carbons (Fsp3) is 1.00. The van der Waals surface area contributed by atoms with E-state index < -0.39 is 0 Å². The average Bonchev–Trinajstić information content (AvgIpc) is 2.54. The molecule has 1 fully saturated rings. The van der Waals surface area contributed by atoms with Crippen molar-refractivity contribution in [1.82, 2.24) is 0 Å². The van der Waals surface area contributed by atoms with Crippen molar-refractivity contribution < 1.29 is 10.2 Å². The Bertz CT molecular complexity index is 125. The van der Waals surface area contributed by atoms with Gasteiger partial charge in [0.2, 0.25) is 0 Å². The lowest BCUT2D eigenvalue weighted by atomic mass is 10.1. The van der Waals surface area contributed by atoms with E-state index in [9.17, 15) is 5.11 Å². The molecule has 2 heteroatoms. The second-order valence-corrected chi connectivity index (χ2v) is 3.74. The maximum Gasteiger partial charge on any atom is 0.0677 e. The van der Waals surface area contributed by atoms with Gasteiger partial charge >= 0.3 is 0 Å². The molecule has 66 valence electrons. The Morgan fingerprint density at radius 1 is 1.36 bits per heavy atom. The van der Waals surface area contributed by atoms with Gasteiger partial charge in [-0.05, 0) is 25.2 Å².